The number of hydrogen-bond acceptors (Lipinski definition) is 2. The Hall–Kier alpha value is -1.09. The van der Waals surface area contributed by atoms with E-state index in [0.717, 1.165) is 18.5 Å². The van der Waals surface area contributed by atoms with Gasteiger partial charge in [0.1, 0.15) is 5.82 Å². The molecule has 2 atom stereocenters. The molecule has 0 saturated heterocycles. The number of benzene rings is 1. The van der Waals surface area contributed by atoms with E-state index in [-0.39, 0.29) is 17.9 Å². The van der Waals surface area contributed by atoms with Gasteiger partial charge in [-0.05, 0) is 31.9 Å². The van der Waals surface area contributed by atoms with Gasteiger partial charge in [-0.3, -0.25) is 0 Å². The largest absolute Gasteiger partial charge is 0.380 e. The summed E-state index contributed by atoms with van der Waals surface area (Å²) in [5.74, 6) is -0.158. The number of hydrogen-bond donors (Lipinski definition) is 2. The van der Waals surface area contributed by atoms with E-state index in [4.69, 9.17) is 5.73 Å². The van der Waals surface area contributed by atoms with Crippen molar-refractivity contribution in [2.45, 2.75) is 44.7 Å². The van der Waals surface area contributed by atoms with Crippen LogP contribution < -0.4 is 11.1 Å². The fraction of sp³-hybridized carbons (Fsp3) is 0.538. The van der Waals surface area contributed by atoms with Crippen LogP contribution in [0.25, 0.3) is 0 Å². The van der Waals surface area contributed by atoms with E-state index in [9.17, 15) is 4.39 Å². The van der Waals surface area contributed by atoms with Gasteiger partial charge < -0.3 is 11.1 Å². The van der Waals surface area contributed by atoms with Crippen LogP contribution in [0.2, 0.25) is 0 Å². The molecular formula is C13H19FN2. The quantitative estimate of drug-likeness (QED) is 0.807. The van der Waals surface area contributed by atoms with Crippen LogP contribution in [0.15, 0.2) is 18.2 Å². The Balaban J connectivity index is 2.10. The van der Waals surface area contributed by atoms with Gasteiger partial charge in [-0.2, -0.15) is 0 Å². The van der Waals surface area contributed by atoms with Gasteiger partial charge in [-0.1, -0.05) is 18.9 Å². The minimum atomic E-state index is -0.158. The average Bonchev–Trinajstić information content (AvgIpc) is 2.28. The number of nitrogens with two attached hydrogens (primary N) is 1. The molecule has 0 unspecified atom stereocenters. The van der Waals surface area contributed by atoms with Crippen molar-refractivity contribution in [1.29, 1.82) is 0 Å². The predicted octanol–water partition coefficient (Wildman–Crippen LogP) is 2.82. The molecule has 1 aliphatic carbocycles. The van der Waals surface area contributed by atoms with Crippen LogP contribution in [0.4, 0.5) is 10.1 Å². The van der Waals surface area contributed by atoms with Crippen LogP contribution in [0, 0.1) is 12.7 Å². The Morgan fingerprint density at radius 1 is 1.31 bits per heavy atom. The van der Waals surface area contributed by atoms with Crippen molar-refractivity contribution in [3.05, 3.63) is 29.6 Å². The molecular weight excluding hydrogens is 203 g/mol. The maximum atomic E-state index is 13.4. The predicted molar refractivity (Wildman–Crippen MR) is 65.0 cm³/mol. The zero-order valence-corrected chi connectivity index (χ0v) is 9.67. The standard InChI is InChI=1S/C13H19FN2/c1-9-10(14)5-4-8-12(9)16-13-7-3-2-6-11(13)15/h4-5,8,11,13,16H,2-3,6-7,15H2,1H3/t11-,13-/m1/s1. The first-order valence-corrected chi connectivity index (χ1v) is 5.95. The summed E-state index contributed by atoms with van der Waals surface area (Å²) in [5.41, 5.74) is 7.62. The van der Waals surface area contributed by atoms with Crippen LogP contribution in [-0.2, 0) is 0 Å². The van der Waals surface area contributed by atoms with Gasteiger partial charge >= 0.3 is 0 Å². The molecule has 2 rings (SSSR count). The fourth-order valence-corrected chi connectivity index (χ4v) is 2.30. The highest BCUT2D eigenvalue weighted by molar-refractivity contribution is 5.51. The van der Waals surface area contributed by atoms with Crippen LogP contribution in [-0.4, -0.2) is 12.1 Å². The van der Waals surface area contributed by atoms with Gasteiger partial charge in [0.05, 0.1) is 0 Å². The molecule has 0 amide bonds. The molecule has 0 bridgehead atoms. The van der Waals surface area contributed by atoms with Gasteiger partial charge in [0, 0.05) is 23.3 Å². The first-order valence-electron chi connectivity index (χ1n) is 5.95. The molecule has 3 heteroatoms. The van der Waals surface area contributed by atoms with E-state index in [2.05, 4.69) is 5.32 Å². The number of anilines is 1. The minimum absolute atomic E-state index is 0.158. The second-order valence-corrected chi connectivity index (χ2v) is 4.61. The SMILES string of the molecule is Cc1c(F)cccc1N[C@@H]1CCCC[C@H]1N. The lowest BCUT2D eigenvalue weighted by molar-refractivity contribution is 0.404. The maximum absolute atomic E-state index is 13.4. The molecule has 2 nitrogen and oxygen atoms in total. The van der Waals surface area contributed by atoms with Crippen molar-refractivity contribution in [1.82, 2.24) is 0 Å². The molecule has 16 heavy (non-hydrogen) atoms. The van der Waals surface area contributed by atoms with Gasteiger partial charge in [-0.15, -0.1) is 0 Å². The van der Waals surface area contributed by atoms with Crippen LogP contribution in [0.1, 0.15) is 31.2 Å². The summed E-state index contributed by atoms with van der Waals surface area (Å²) in [7, 11) is 0. The number of nitrogens with one attached hydrogen (secondary N) is 1. The maximum Gasteiger partial charge on any atom is 0.128 e. The van der Waals surface area contributed by atoms with Crippen LogP contribution in [0.3, 0.4) is 0 Å². The highest BCUT2D eigenvalue weighted by atomic mass is 19.1. The molecule has 0 radical (unpaired) electrons. The third-order valence-corrected chi connectivity index (χ3v) is 3.43. The third kappa shape index (κ3) is 2.35. The highest BCUT2D eigenvalue weighted by Gasteiger charge is 2.22. The Labute approximate surface area is 96.0 Å². The fourth-order valence-electron chi connectivity index (χ4n) is 2.30. The molecule has 0 aliphatic heterocycles. The summed E-state index contributed by atoms with van der Waals surface area (Å²) in [5, 5.41) is 3.37. The van der Waals surface area contributed by atoms with Gasteiger partial charge in [0.2, 0.25) is 0 Å². The van der Waals surface area contributed by atoms with Gasteiger partial charge in [-0.25, -0.2) is 4.39 Å². The Morgan fingerprint density at radius 3 is 2.81 bits per heavy atom. The lowest BCUT2D eigenvalue weighted by Gasteiger charge is -2.30. The third-order valence-electron chi connectivity index (χ3n) is 3.43. The molecule has 3 N–H and O–H groups in total. The Bertz CT molecular complexity index is 365. The zero-order valence-electron chi connectivity index (χ0n) is 9.67. The second kappa shape index (κ2) is 4.83. The Kier molecular flexibility index (Phi) is 3.44. The van der Waals surface area contributed by atoms with Crippen molar-refractivity contribution in [2.75, 3.05) is 5.32 Å². The summed E-state index contributed by atoms with van der Waals surface area (Å²) in [6.45, 7) is 1.80. The van der Waals surface area contributed by atoms with E-state index < -0.39 is 0 Å². The van der Waals surface area contributed by atoms with Crippen LogP contribution in [0.5, 0.6) is 0 Å². The lowest BCUT2D eigenvalue weighted by Crippen LogP contribution is -2.42. The lowest BCUT2D eigenvalue weighted by atomic mass is 9.90. The van der Waals surface area contributed by atoms with Crippen molar-refractivity contribution >= 4 is 5.69 Å². The topological polar surface area (TPSA) is 38.0 Å². The smallest absolute Gasteiger partial charge is 0.128 e. The van der Waals surface area contributed by atoms with E-state index in [1.54, 1.807) is 13.0 Å². The molecule has 1 fully saturated rings. The minimum Gasteiger partial charge on any atom is -0.380 e. The molecule has 1 aromatic rings. The summed E-state index contributed by atoms with van der Waals surface area (Å²) in [6, 6.07) is 5.62. The molecule has 1 aromatic carbocycles. The summed E-state index contributed by atoms with van der Waals surface area (Å²) < 4.78 is 13.4. The number of halogens is 1. The van der Waals surface area contributed by atoms with E-state index >= 15 is 0 Å². The first-order chi connectivity index (χ1) is 7.68. The molecule has 88 valence electrons. The number of rotatable bonds is 2. The molecule has 0 spiro atoms. The normalized spacial score (nSPS) is 25.4. The zero-order chi connectivity index (χ0) is 11.5. The van der Waals surface area contributed by atoms with Crippen molar-refractivity contribution in [2.24, 2.45) is 5.73 Å². The Morgan fingerprint density at radius 2 is 2.06 bits per heavy atom. The van der Waals surface area contributed by atoms with Crippen molar-refractivity contribution in [3.8, 4) is 0 Å². The van der Waals surface area contributed by atoms with E-state index in [1.165, 1.54) is 18.9 Å². The van der Waals surface area contributed by atoms with Gasteiger partial charge in [0.25, 0.3) is 0 Å². The average molecular weight is 222 g/mol. The molecule has 0 heterocycles. The summed E-state index contributed by atoms with van der Waals surface area (Å²) in [6.07, 6.45) is 4.56. The summed E-state index contributed by atoms with van der Waals surface area (Å²) in [4.78, 5) is 0. The molecule has 0 aromatic heterocycles. The van der Waals surface area contributed by atoms with E-state index in [1.807, 2.05) is 6.07 Å². The van der Waals surface area contributed by atoms with Gasteiger partial charge in [0.15, 0.2) is 0 Å². The van der Waals surface area contributed by atoms with Crippen LogP contribution >= 0.6 is 0 Å². The van der Waals surface area contributed by atoms with E-state index in [0.29, 0.717) is 5.56 Å². The molecule has 1 aliphatic rings. The summed E-state index contributed by atoms with van der Waals surface area (Å²) >= 11 is 0. The second-order valence-electron chi connectivity index (χ2n) is 4.61. The van der Waals surface area contributed by atoms with Crippen molar-refractivity contribution < 1.29 is 4.39 Å². The monoisotopic (exact) mass is 222 g/mol. The first kappa shape index (κ1) is 11.4. The highest BCUT2D eigenvalue weighted by Crippen LogP contribution is 2.24. The van der Waals surface area contributed by atoms with Crippen molar-refractivity contribution in [3.63, 3.8) is 0 Å². The molecule has 1 saturated carbocycles.